The van der Waals surface area contributed by atoms with Crippen LogP contribution in [0.4, 0.5) is 16.0 Å². The van der Waals surface area contributed by atoms with Gasteiger partial charge in [0.15, 0.2) is 11.6 Å². The number of halogens is 2. The molecule has 0 fully saturated rings. The summed E-state index contributed by atoms with van der Waals surface area (Å²) in [5.41, 5.74) is 0.336. The zero-order chi connectivity index (χ0) is 23.3. The minimum Gasteiger partial charge on any atom is -0.488 e. The molecule has 168 valence electrons. The Hall–Kier alpha value is -3.39. The molecule has 0 amide bonds. The summed E-state index contributed by atoms with van der Waals surface area (Å²) in [4.78, 5) is 29.5. The molecule has 9 heteroatoms. The Bertz CT molecular complexity index is 1160. The zero-order valence-corrected chi connectivity index (χ0v) is 18.6. The van der Waals surface area contributed by atoms with E-state index in [1.807, 2.05) is 0 Å². The summed E-state index contributed by atoms with van der Waals surface area (Å²) in [5, 5.41) is 3.50. The second kappa shape index (κ2) is 10.3. The summed E-state index contributed by atoms with van der Waals surface area (Å²) in [7, 11) is 0. The van der Waals surface area contributed by atoms with Crippen LogP contribution in [-0.2, 0) is 11.3 Å². The molecule has 0 aliphatic rings. The van der Waals surface area contributed by atoms with E-state index in [1.54, 1.807) is 51.1 Å². The number of aromatic nitrogens is 2. The first-order valence-corrected chi connectivity index (χ1v) is 10.4. The topological polar surface area (TPSA) is 82.4 Å². The number of carbonyl (C=O) groups excluding carboxylic acids is 1. The predicted molar refractivity (Wildman–Crippen MR) is 120 cm³/mol. The van der Waals surface area contributed by atoms with Crippen molar-refractivity contribution in [3.63, 3.8) is 0 Å². The average Bonchev–Trinajstić information content (AvgIpc) is 2.74. The van der Waals surface area contributed by atoms with Crippen LogP contribution in [0.2, 0.25) is 5.02 Å². The van der Waals surface area contributed by atoms with Gasteiger partial charge >= 0.3 is 5.97 Å². The molecule has 0 saturated heterocycles. The van der Waals surface area contributed by atoms with Crippen molar-refractivity contribution >= 4 is 29.2 Å². The molecule has 0 atom stereocenters. The van der Waals surface area contributed by atoms with Crippen molar-refractivity contribution in [2.75, 3.05) is 11.9 Å². The Balaban J connectivity index is 1.99. The number of ether oxygens (including phenoxy) is 2. The first-order chi connectivity index (χ1) is 15.3. The molecule has 1 aromatic heterocycles. The van der Waals surface area contributed by atoms with Crippen molar-refractivity contribution in [3.8, 4) is 5.75 Å². The molecule has 0 aliphatic heterocycles. The van der Waals surface area contributed by atoms with Gasteiger partial charge < -0.3 is 14.8 Å². The average molecular weight is 460 g/mol. The molecule has 1 N–H and O–H groups in total. The van der Waals surface area contributed by atoms with Gasteiger partial charge in [-0.2, -0.15) is 0 Å². The van der Waals surface area contributed by atoms with Crippen LogP contribution in [0.3, 0.4) is 0 Å². The van der Waals surface area contributed by atoms with Gasteiger partial charge in [0.1, 0.15) is 5.56 Å². The van der Waals surface area contributed by atoms with Crippen LogP contribution in [0, 0.1) is 5.82 Å². The van der Waals surface area contributed by atoms with Crippen molar-refractivity contribution in [1.82, 2.24) is 9.55 Å². The Morgan fingerprint density at radius 3 is 2.56 bits per heavy atom. The van der Waals surface area contributed by atoms with Crippen LogP contribution >= 0.6 is 11.6 Å². The third kappa shape index (κ3) is 5.64. The number of carbonyl (C=O) groups is 1. The molecule has 0 unspecified atom stereocenters. The maximum atomic E-state index is 14.4. The highest BCUT2D eigenvalue weighted by atomic mass is 35.5. The van der Waals surface area contributed by atoms with Crippen molar-refractivity contribution in [3.05, 3.63) is 81.0 Å². The van der Waals surface area contributed by atoms with Crippen molar-refractivity contribution in [2.45, 2.75) is 33.4 Å². The normalized spacial score (nSPS) is 10.8. The maximum Gasteiger partial charge on any atom is 0.345 e. The molecular weight excluding hydrogens is 437 g/mol. The third-order valence-electron chi connectivity index (χ3n) is 4.35. The smallest absolute Gasteiger partial charge is 0.345 e. The van der Waals surface area contributed by atoms with Gasteiger partial charge in [-0.25, -0.2) is 14.2 Å². The maximum absolute atomic E-state index is 14.4. The highest BCUT2D eigenvalue weighted by Crippen LogP contribution is 2.24. The lowest BCUT2D eigenvalue weighted by Gasteiger charge is -2.16. The van der Waals surface area contributed by atoms with E-state index >= 15 is 0 Å². The first kappa shape index (κ1) is 23.3. The monoisotopic (exact) mass is 459 g/mol. The van der Waals surface area contributed by atoms with Gasteiger partial charge in [0.05, 0.1) is 25.5 Å². The molecule has 0 saturated carbocycles. The Labute approximate surface area is 189 Å². The SMILES string of the molecule is CCOC(=O)c1cnc(Nc2ccc(OC(C)C)c(F)c2)n(Cc2ccc(Cl)cc2)c1=O. The van der Waals surface area contributed by atoms with E-state index < -0.39 is 17.3 Å². The summed E-state index contributed by atoms with van der Waals surface area (Å²) in [6, 6.07) is 11.3. The van der Waals surface area contributed by atoms with E-state index in [0.717, 1.165) is 11.8 Å². The van der Waals surface area contributed by atoms with Gasteiger partial charge in [0, 0.05) is 16.8 Å². The number of benzene rings is 2. The van der Waals surface area contributed by atoms with Crippen molar-refractivity contribution < 1.29 is 18.7 Å². The summed E-state index contributed by atoms with van der Waals surface area (Å²) in [6.45, 7) is 5.48. The van der Waals surface area contributed by atoms with Crippen LogP contribution < -0.4 is 15.6 Å². The molecule has 0 radical (unpaired) electrons. The van der Waals surface area contributed by atoms with Gasteiger partial charge in [-0.3, -0.25) is 9.36 Å². The lowest BCUT2D eigenvalue weighted by atomic mass is 10.2. The number of hydrogen-bond donors (Lipinski definition) is 1. The van der Waals surface area contributed by atoms with Gasteiger partial charge in [-0.1, -0.05) is 23.7 Å². The number of hydrogen-bond acceptors (Lipinski definition) is 6. The predicted octanol–water partition coefficient (Wildman–Crippen LogP) is 4.79. The Morgan fingerprint density at radius 1 is 1.22 bits per heavy atom. The molecular formula is C23H23ClFN3O4. The van der Waals surface area contributed by atoms with Gasteiger partial charge in [-0.05, 0) is 50.6 Å². The fourth-order valence-corrected chi connectivity index (χ4v) is 3.04. The largest absolute Gasteiger partial charge is 0.488 e. The molecule has 3 rings (SSSR count). The molecule has 0 aliphatic carbocycles. The zero-order valence-electron chi connectivity index (χ0n) is 17.9. The standard InChI is InChI=1S/C23H23ClFN3O4/c1-4-31-22(30)18-12-26-23(27-17-9-10-20(19(25)11-17)32-14(2)3)28(21(18)29)13-15-5-7-16(24)8-6-15/h5-12,14H,4,13H2,1-3H3,(H,26,27). The first-order valence-electron chi connectivity index (χ1n) is 10.0. The van der Waals surface area contributed by atoms with E-state index in [9.17, 15) is 14.0 Å². The van der Waals surface area contributed by atoms with E-state index in [-0.39, 0.29) is 36.5 Å². The van der Waals surface area contributed by atoms with Crippen LogP contribution in [0.15, 0.2) is 53.5 Å². The van der Waals surface area contributed by atoms with Crippen LogP contribution in [0.25, 0.3) is 0 Å². The molecule has 1 heterocycles. The summed E-state index contributed by atoms with van der Waals surface area (Å²) in [6.07, 6.45) is 0.970. The number of anilines is 2. The number of rotatable bonds is 8. The second-order valence-electron chi connectivity index (χ2n) is 7.17. The van der Waals surface area contributed by atoms with Crippen LogP contribution in [-0.4, -0.2) is 28.2 Å². The van der Waals surface area contributed by atoms with E-state index in [0.29, 0.717) is 10.7 Å². The van der Waals surface area contributed by atoms with Gasteiger partial charge in [-0.15, -0.1) is 0 Å². The molecule has 7 nitrogen and oxygen atoms in total. The van der Waals surface area contributed by atoms with Crippen LogP contribution in [0.1, 0.15) is 36.7 Å². The van der Waals surface area contributed by atoms with Gasteiger partial charge in [0.25, 0.3) is 5.56 Å². The van der Waals surface area contributed by atoms with Crippen molar-refractivity contribution in [2.24, 2.45) is 0 Å². The number of esters is 1. The molecule has 32 heavy (non-hydrogen) atoms. The number of nitrogens with zero attached hydrogens (tertiary/aromatic N) is 2. The lowest BCUT2D eigenvalue weighted by molar-refractivity contribution is 0.0523. The quantitative estimate of drug-likeness (QED) is 0.487. The van der Waals surface area contributed by atoms with Gasteiger partial charge in [0.2, 0.25) is 5.95 Å². The number of nitrogens with one attached hydrogen (secondary N) is 1. The fraction of sp³-hybridized carbons (Fsp3) is 0.261. The summed E-state index contributed by atoms with van der Waals surface area (Å²) < 4.78 is 26.1. The molecule has 2 aromatic carbocycles. The highest BCUT2D eigenvalue weighted by molar-refractivity contribution is 6.30. The minimum absolute atomic E-state index is 0.107. The second-order valence-corrected chi connectivity index (χ2v) is 7.61. The Morgan fingerprint density at radius 2 is 1.94 bits per heavy atom. The van der Waals surface area contributed by atoms with E-state index in [4.69, 9.17) is 21.1 Å². The molecule has 3 aromatic rings. The molecule has 0 bridgehead atoms. The van der Waals surface area contributed by atoms with E-state index in [1.165, 1.54) is 16.7 Å². The van der Waals surface area contributed by atoms with Crippen LogP contribution in [0.5, 0.6) is 5.75 Å². The third-order valence-corrected chi connectivity index (χ3v) is 4.60. The lowest BCUT2D eigenvalue weighted by Crippen LogP contribution is -2.30. The van der Waals surface area contributed by atoms with Crippen molar-refractivity contribution in [1.29, 1.82) is 0 Å². The van der Waals surface area contributed by atoms with E-state index in [2.05, 4.69) is 10.3 Å². The summed E-state index contributed by atoms with van der Waals surface area (Å²) >= 11 is 5.94. The minimum atomic E-state index is -0.761. The molecule has 0 spiro atoms. The highest BCUT2D eigenvalue weighted by Gasteiger charge is 2.18. The Kier molecular flexibility index (Phi) is 7.48. The fourth-order valence-electron chi connectivity index (χ4n) is 2.92. The summed E-state index contributed by atoms with van der Waals surface area (Å²) in [5.74, 6) is -1.06.